The molecule has 0 aromatic heterocycles. The van der Waals surface area contributed by atoms with E-state index < -0.39 is 12.3 Å². The summed E-state index contributed by atoms with van der Waals surface area (Å²) in [5, 5.41) is 8.76. The fourth-order valence-electron chi connectivity index (χ4n) is 1.49. The van der Waals surface area contributed by atoms with Gasteiger partial charge in [-0.05, 0) is 37.1 Å². The largest absolute Gasteiger partial charge is 0.481 e. The molecule has 1 atom stereocenters. The van der Waals surface area contributed by atoms with Gasteiger partial charge in [0.05, 0.1) is 11.6 Å². The Morgan fingerprint density at radius 3 is 2.56 bits per heavy atom. The fourth-order valence-corrected chi connectivity index (χ4v) is 1.49. The minimum absolute atomic E-state index is 0.195. The van der Waals surface area contributed by atoms with E-state index in [0.717, 1.165) is 13.3 Å². The van der Waals surface area contributed by atoms with Crippen molar-refractivity contribution in [2.45, 2.75) is 39.0 Å². The molecule has 0 saturated heterocycles. The van der Waals surface area contributed by atoms with Gasteiger partial charge in [0.25, 0.3) is 0 Å². The molecular formula is C13H14F3NO. The molecule has 0 aliphatic rings. The molecule has 0 aliphatic heterocycles. The molecule has 18 heavy (non-hydrogen) atoms. The lowest BCUT2D eigenvalue weighted by Crippen LogP contribution is -2.31. The summed E-state index contributed by atoms with van der Waals surface area (Å²) in [6, 6.07) is 6.41. The van der Waals surface area contributed by atoms with Crippen molar-refractivity contribution in [2.24, 2.45) is 0 Å². The van der Waals surface area contributed by atoms with E-state index in [-0.39, 0.29) is 5.75 Å². The van der Waals surface area contributed by atoms with E-state index >= 15 is 0 Å². The molecule has 0 amide bonds. The van der Waals surface area contributed by atoms with Crippen molar-refractivity contribution in [3.05, 3.63) is 29.3 Å². The van der Waals surface area contributed by atoms with Gasteiger partial charge in [-0.15, -0.1) is 0 Å². The summed E-state index contributed by atoms with van der Waals surface area (Å²) in [5.74, 6) is 0.195. The summed E-state index contributed by atoms with van der Waals surface area (Å²) in [5.41, 5.74) is 1.05. The molecule has 0 bridgehead atoms. The van der Waals surface area contributed by atoms with Crippen molar-refractivity contribution in [1.82, 2.24) is 0 Å². The summed E-state index contributed by atoms with van der Waals surface area (Å²) in [6.45, 7) is 2.88. The van der Waals surface area contributed by atoms with E-state index in [1.54, 1.807) is 6.07 Å². The number of rotatable bonds is 4. The van der Waals surface area contributed by atoms with E-state index in [1.807, 2.05) is 13.0 Å². The second-order valence-electron chi connectivity index (χ2n) is 3.99. The van der Waals surface area contributed by atoms with E-state index in [4.69, 9.17) is 10.00 Å². The first-order valence-electron chi connectivity index (χ1n) is 5.65. The number of hydrogen-bond acceptors (Lipinski definition) is 2. The third kappa shape index (κ3) is 3.66. The normalized spacial score (nSPS) is 12.9. The molecule has 1 aromatic rings. The van der Waals surface area contributed by atoms with Gasteiger partial charge in [-0.3, -0.25) is 0 Å². The lowest BCUT2D eigenvalue weighted by atomic mass is 10.1. The number of alkyl halides is 3. The molecule has 98 valence electrons. The Hall–Kier alpha value is -1.70. The van der Waals surface area contributed by atoms with Gasteiger partial charge in [0.2, 0.25) is 0 Å². The van der Waals surface area contributed by atoms with Crippen LogP contribution in [0.15, 0.2) is 18.2 Å². The quantitative estimate of drug-likeness (QED) is 0.821. The summed E-state index contributed by atoms with van der Waals surface area (Å²) < 4.78 is 42.2. The molecule has 0 spiro atoms. The van der Waals surface area contributed by atoms with Gasteiger partial charge in [-0.1, -0.05) is 13.3 Å². The van der Waals surface area contributed by atoms with Gasteiger partial charge in [-0.25, -0.2) is 0 Å². The zero-order valence-electron chi connectivity index (χ0n) is 10.2. The second kappa shape index (κ2) is 5.76. The van der Waals surface area contributed by atoms with Gasteiger partial charge in [0.1, 0.15) is 5.75 Å². The van der Waals surface area contributed by atoms with Gasteiger partial charge in [-0.2, -0.15) is 18.4 Å². The lowest BCUT2D eigenvalue weighted by Gasteiger charge is -2.19. The minimum atomic E-state index is -4.39. The van der Waals surface area contributed by atoms with Crippen molar-refractivity contribution in [2.75, 3.05) is 0 Å². The first kappa shape index (κ1) is 14.4. The van der Waals surface area contributed by atoms with Crippen molar-refractivity contribution in [1.29, 1.82) is 5.26 Å². The zero-order valence-corrected chi connectivity index (χ0v) is 10.2. The van der Waals surface area contributed by atoms with Crippen molar-refractivity contribution in [3.63, 3.8) is 0 Å². The van der Waals surface area contributed by atoms with E-state index in [0.29, 0.717) is 17.5 Å². The molecule has 1 rings (SSSR count). The van der Waals surface area contributed by atoms with Crippen LogP contribution < -0.4 is 4.74 Å². The standard InChI is InChI=1S/C13H14F3NO/c1-3-4-11-7-10(8-17)5-6-12(11)18-9(2)13(14,15)16/h5-7,9H,3-4H2,1-2H3. The third-order valence-electron chi connectivity index (χ3n) is 2.47. The summed E-state index contributed by atoms with van der Waals surface area (Å²) >= 11 is 0. The maximum Gasteiger partial charge on any atom is 0.425 e. The smallest absolute Gasteiger partial charge is 0.425 e. The highest BCUT2D eigenvalue weighted by Gasteiger charge is 2.38. The molecule has 0 fully saturated rings. The molecule has 0 saturated carbocycles. The molecule has 0 N–H and O–H groups in total. The van der Waals surface area contributed by atoms with Crippen LogP contribution in [-0.2, 0) is 6.42 Å². The molecule has 2 nitrogen and oxygen atoms in total. The lowest BCUT2D eigenvalue weighted by molar-refractivity contribution is -0.189. The highest BCUT2D eigenvalue weighted by molar-refractivity contribution is 5.42. The average molecular weight is 257 g/mol. The third-order valence-corrected chi connectivity index (χ3v) is 2.47. The number of ether oxygens (including phenoxy) is 1. The van der Waals surface area contributed by atoms with Crippen molar-refractivity contribution >= 4 is 0 Å². The minimum Gasteiger partial charge on any atom is -0.481 e. The zero-order chi connectivity index (χ0) is 13.8. The van der Waals surface area contributed by atoms with Crippen LogP contribution in [0.4, 0.5) is 13.2 Å². The van der Waals surface area contributed by atoms with Crippen LogP contribution in [0.5, 0.6) is 5.75 Å². The maximum atomic E-state index is 12.4. The summed E-state index contributed by atoms with van der Waals surface area (Å²) in [6.07, 6.45) is -4.90. The van der Waals surface area contributed by atoms with Crippen LogP contribution in [0, 0.1) is 11.3 Å². The van der Waals surface area contributed by atoms with Crippen LogP contribution in [0.1, 0.15) is 31.4 Å². The van der Waals surface area contributed by atoms with Crippen LogP contribution in [-0.4, -0.2) is 12.3 Å². The SMILES string of the molecule is CCCc1cc(C#N)ccc1OC(C)C(F)(F)F. The van der Waals surface area contributed by atoms with Crippen LogP contribution >= 0.6 is 0 Å². The fraction of sp³-hybridized carbons (Fsp3) is 0.462. The van der Waals surface area contributed by atoms with Crippen LogP contribution in [0.3, 0.4) is 0 Å². The first-order chi connectivity index (χ1) is 8.38. The summed E-state index contributed by atoms with van der Waals surface area (Å²) in [4.78, 5) is 0. The second-order valence-corrected chi connectivity index (χ2v) is 3.99. The van der Waals surface area contributed by atoms with E-state index in [9.17, 15) is 13.2 Å². The Kier molecular flexibility index (Phi) is 4.60. The predicted octanol–water partition coefficient (Wildman–Crippen LogP) is 3.84. The molecule has 0 heterocycles. The highest BCUT2D eigenvalue weighted by Crippen LogP contribution is 2.28. The van der Waals surface area contributed by atoms with E-state index in [2.05, 4.69) is 0 Å². The number of halogens is 3. The van der Waals surface area contributed by atoms with Crippen molar-refractivity contribution in [3.8, 4) is 11.8 Å². The van der Waals surface area contributed by atoms with Gasteiger partial charge >= 0.3 is 6.18 Å². The Morgan fingerprint density at radius 1 is 1.39 bits per heavy atom. The number of nitrogens with zero attached hydrogens (tertiary/aromatic N) is 1. The van der Waals surface area contributed by atoms with Gasteiger partial charge in [0.15, 0.2) is 6.10 Å². The monoisotopic (exact) mass is 257 g/mol. The maximum absolute atomic E-state index is 12.4. The molecule has 1 unspecified atom stereocenters. The molecule has 0 radical (unpaired) electrons. The number of hydrogen-bond donors (Lipinski definition) is 0. The van der Waals surface area contributed by atoms with Gasteiger partial charge < -0.3 is 4.74 Å². The van der Waals surface area contributed by atoms with Crippen LogP contribution in [0.25, 0.3) is 0 Å². The number of nitriles is 1. The predicted molar refractivity (Wildman–Crippen MR) is 61.3 cm³/mol. The topological polar surface area (TPSA) is 33.0 Å². The molecule has 5 heteroatoms. The van der Waals surface area contributed by atoms with Gasteiger partial charge in [0, 0.05) is 0 Å². The Bertz CT molecular complexity index is 449. The Labute approximate surface area is 104 Å². The summed E-state index contributed by atoms with van der Waals surface area (Å²) in [7, 11) is 0. The first-order valence-corrected chi connectivity index (χ1v) is 5.65. The van der Waals surface area contributed by atoms with Crippen molar-refractivity contribution < 1.29 is 17.9 Å². The average Bonchev–Trinajstić information content (AvgIpc) is 2.30. The molecule has 0 aliphatic carbocycles. The highest BCUT2D eigenvalue weighted by atomic mass is 19.4. The van der Waals surface area contributed by atoms with Crippen LogP contribution in [0.2, 0.25) is 0 Å². The Morgan fingerprint density at radius 2 is 2.06 bits per heavy atom. The molecular weight excluding hydrogens is 243 g/mol. The number of aryl methyl sites for hydroxylation is 1. The van der Waals surface area contributed by atoms with E-state index in [1.165, 1.54) is 12.1 Å². The number of benzene rings is 1. The Balaban J connectivity index is 2.98. The molecule has 1 aromatic carbocycles.